The van der Waals surface area contributed by atoms with Gasteiger partial charge in [0.1, 0.15) is 0 Å². The van der Waals surface area contributed by atoms with Crippen molar-refractivity contribution in [3.8, 4) is 0 Å². The first-order chi connectivity index (χ1) is 11.9. The SMILES string of the molecule is CNS(=O)(=O)c1cccc2c1CCN(CC(=O)N1CCNC(=O)C1)C2. The van der Waals surface area contributed by atoms with Crippen LogP contribution in [0.1, 0.15) is 11.1 Å². The van der Waals surface area contributed by atoms with Crippen LogP contribution in [0.15, 0.2) is 23.1 Å². The summed E-state index contributed by atoms with van der Waals surface area (Å²) in [6, 6.07) is 5.23. The van der Waals surface area contributed by atoms with Gasteiger partial charge in [0.05, 0.1) is 18.0 Å². The molecule has 1 saturated heterocycles. The number of fused-ring (bicyclic) bond motifs is 1. The summed E-state index contributed by atoms with van der Waals surface area (Å²) in [7, 11) is -2.09. The molecule has 9 heteroatoms. The van der Waals surface area contributed by atoms with E-state index in [4.69, 9.17) is 0 Å². The highest BCUT2D eigenvalue weighted by molar-refractivity contribution is 7.89. The molecule has 25 heavy (non-hydrogen) atoms. The molecule has 1 aromatic carbocycles. The second-order valence-corrected chi connectivity index (χ2v) is 8.08. The van der Waals surface area contributed by atoms with Crippen molar-refractivity contribution in [2.45, 2.75) is 17.9 Å². The number of carbonyl (C=O) groups excluding carboxylic acids is 2. The molecule has 1 fully saturated rings. The van der Waals surface area contributed by atoms with Gasteiger partial charge in [-0.3, -0.25) is 14.5 Å². The van der Waals surface area contributed by atoms with Crippen molar-refractivity contribution in [3.05, 3.63) is 29.3 Å². The fourth-order valence-electron chi connectivity index (χ4n) is 3.27. The molecule has 0 atom stereocenters. The number of hydrogen-bond acceptors (Lipinski definition) is 5. The highest BCUT2D eigenvalue weighted by Gasteiger charge is 2.27. The fourth-order valence-corrected chi connectivity index (χ4v) is 4.31. The minimum Gasteiger partial charge on any atom is -0.353 e. The number of carbonyl (C=O) groups is 2. The van der Waals surface area contributed by atoms with Gasteiger partial charge in [0.25, 0.3) is 0 Å². The first kappa shape index (κ1) is 17.8. The van der Waals surface area contributed by atoms with E-state index in [1.807, 2.05) is 11.0 Å². The number of sulfonamides is 1. The average molecular weight is 366 g/mol. The second-order valence-electron chi connectivity index (χ2n) is 6.23. The van der Waals surface area contributed by atoms with Crippen LogP contribution in [0.4, 0.5) is 0 Å². The highest BCUT2D eigenvalue weighted by atomic mass is 32.2. The van der Waals surface area contributed by atoms with E-state index in [2.05, 4.69) is 10.0 Å². The predicted molar refractivity (Wildman–Crippen MR) is 91.3 cm³/mol. The molecule has 0 bridgehead atoms. The van der Waals surface area contributed by atoms with Gasteiger partial charge in [-0.1, -0.05) is 12.1 Å². The van der Waals surface area contributed by atoms with Crippen LogP contribution in [0.3, 0.4) is 0 Å². The summed E-state index contributed by atoms with van der Waals surface area (Å²) in [6.45, 7) is 2.48. The Hall–Kier alpha value is -1.97. The Labute approximate surface area is 147 Å². The molecule has 0 radical (unpaired) electrons. The smallest absolute Gasteiger partial charge is 0.240 e. The Morgan fingerprint density at radius 1 is 1.28 bits per heavy atom. The third-order valence-electron chi connectivity index (χ3n) is 4.61. The van der Waals surface area contributed by atoms with Crippen LogP contribution in [0.2, 0.25) is 0 Å². The van der Waals surface area contributed by atoms with Gasteiger partial charge < -0.3 is 10.2 Å². The van der Waals surface area contributed by atoms with Crippen LogP contribution in [0.25, 0.3) is 0 Å². The van der Waals surface area contributed by atoms with E-state index >= 15 is 0 Å². The van der Waals surface area contributed by atoms with E-state index < -0.39 is 10.0 Å². The average Bonchev–Trinajstić information content (AvgIpc) is 2.61. The Balaban J connectivity index is 1.71. The first-order valence-corrected chi connectivity index (χ1v) is 9.70. The van der Waals surface area contributed by atoms with E-state index in [-0.39, 0.29) is 24.9 Å². The zero-order chi connectivity index (χ0) is 18.0. The van der Waals surface area contributed by atoms with E-state index in [0.29, 0.717) is 37.5 Å². The summed E-state index contributed by atoms with van der Waals surface area (Å²) in [4.78, 5) is 27.7. The van der Waals surface area contributed by atoms with E-state index in [1.165, 1.54) is 7.05 Å². The molecule has 0 aliphatic carbocycles. The van der Waals surface area contributed by atoms with Crippen LogP contribution < -0.4 is 10.0 Å². The molecule has 2 aliphatic heterocycles. The van der Waals surface area contributed by atoms with Crippen LogP contribution in [-0.2, 0) is 32.6 Å². The second kappa shape index (κ2) is 7.11. The number of hydrogen-bond donors (Lipinski definition) is 2. The molecule has 8 nitrogen and oxygen atoms in total. The summed E-state index contributed by atoms with van der Waals surface area (Å²) < 4.78 is 26.7. The lowest BCUT2D eigenvalue weighted by Gasteiger charge is -2.32. The summed E-state index contributed by atoms with van der Waals surface area (Å²) in [6.07, 6.45) is 0.570. The van der Waals surface area contributed by atoms with Crippen LogP contribution in [0, 0.1) is 0 Å². The Kier molecular flexibility index (Phi) is 5.07. The summed E-state index contributed by atoms with van der Waals surface area (Å²) in [5, 5.41) is 2.70. The van der Waals surface area contributed by atoms with Crippen molar-refractivity contribution in [2.75, 3.05) is 39.8 Å². The van der Waals surface area contributed by atoms with Gasteiger partial charge in [-0.25, -0.2) is 13.1 Å². The normalized spacial score (nSPS) is 18.6. The summed E-state index contributed by atoms with van der Waals surface area (Å²) in [5.74, 6) is -0.206. The predicted octanol–water partition coefficient (Wildman–Crippen LogP) is -1.09. The number of rotatable bonds is 4. The van der Waals surface area contributed by atoms with Crippen molar-refractivity contribution in [2.24, 2.45) is 0 Å². The topological polar surface area (TPSA) is 98.8 Å². The Bertz CT molecular complexity index is 793. The molecule has 2 heterocycles. The van der Waals surface area contributed by atoms with Crippen LogP contribution in [-0.4, -0.2) is 69.8 Å². The molecule has 2 aliphatic rings. The molecule has 3 rings (SSSR count). The third kappa shape index (κ3) is 3.83. The largest absolute Gasteiger partial charge is 0.353 e. The number of nitrogens with zero attached hydrogens (tertiary/aromatic N) is 2. The van der Waals surface area contributed by atoms with Crippen molar-refractivity contribution < 1.29 is 18.0 Å². The Morgan fingerprint density at radius 3 is 2.80 bits per heavy atom. The zero-order valence-corrected chi connectivity index (χ0v) is 14.9. The van der Waals surface area contributed by atoms with Gasteiger partial charge in [-0.15, -0.1) is 0 Å². The van der Waals surface area contributed by atoms with Crippen LogP contribution >= 0.6 is 0 Å². The molecular formula is C16H22N4O4S. The third-order valence-corrected chi connectivity index (χ3v) is 6.11. The number of benzene rings is 1. The van der Waals surface area contributed by atoms with Gasteiger partial charge in [0, 0.05) is 26.2 Å². The lowest BCUT2D eigenvalue weighted by atomic mass is 10.00. The lowest BCUT2D eigenvalue weighted by Crippen LogP contribution is -2.52. The molecule has 1 aromatic rings. The molecule has 0 spiro atoms. The summed E-state index contributed by atoms with van der Waals surface area (Å²) in [5.41, 5.74) is 1.74. The minimum absolute atomic E-state index is 0.0719. The molecular weight excluding hydrogens is 344 g/mol. The van der Waals surface area contributed by atoms with E-state index in [1.54, 1.807) is 17.0 Å². The maximum absolute atomic E-state index is 12.4. The standard InChI is InChI=1S/C16H22N4O4S/c1-17-25(23,24)14-4-2-3-12-9-19(7-5-13(12)14)11-16(22)20-8-6-18-15(21)10-20/h2-4,17H,5-11H2,1H3,(H,18,21). The van der Waals surface area contributed by atoms with Gasteiger partial charge in [-0.05, 0) is 30.7 Å². The maximum atomic E-state index is 12.4. The maximum Gasteiger partial charge on any atom is 0.240 e. The van der Waals surface area contributed by atoms with Crippen molar-refractivity contribution in [3.63, 3.8) is 0 Å². The highest BCUT2D eigenvalue weighted by Crippen LogP contribution is 2.25. The van der Waals surface area contributed by atoms with Gasteiger partial charge in [-0.2, -0.15) is 0 Å². The van der Waals surface area contributed by atoms with E-state index in [9.17, 15) is 18.0 Å². The number of piperazine rings is 1. The summed E-state index contributed by atoms with van der Waals surface area (Å²) >= 11 is 0. The Morgan fingerprint density at radius 2 is 2.08 bits per heavy atom. The zero-order valence-electron chi connectivity index (χ0n) is 14.1. The monoisotopic (exact) mass is 366 g/mol. The van der Waals surface area contributed by atoms with Gasteiger partial charge in [0.2, 0.25) is 21.8 Å². The number of nitrogens with one attached hydrogen (secondary N) is 2. The van der Waals surface area contributed by atoms with Gasteiger partial charge in [0.15, 0.2) is 0 Å². The van der Waals surface area contributed by atoms with Crippen molar-refractivity contribution in [1.29, 1.82) is 0 Å². The van der Waals surface area contributed by atoms with Crippen molar-refractivity contribution in [1.82, 2.24) is 19.8 Å². The van der Waals surface area contributed by atoms with E-state index in [0.717, 1.165) is 11.1 Å². The lowest BCUT2D eigenvalue weighted by molar-refractivity contribution is -0.139. The molecule has 0 saturated carbocycles. The molecule has 2 N–H and O–H groups in total. The fraction of sp³-hybridized carbons (Fsp3) is 0.500. The molecule has 2 amide bonds. The quantitative estimate of drug-likeness (QED) is 0.706. The van der Waals surface area contributed by atoms with Crippen LogP contribution in [0.5, 0.6) is 0 Å². The van der Waals surface area contributed by atoms with Gasteiger partial charge >= 0.3 is 0 Å². The number of amides is 2. The molecule has 0 unspecified atom stereocenters. The van der Waals surface area contributed by atoms with Crippen molar-refractivity contribution >= 4 is 21.8 Å². The minimum atomic E-state index is -3.49. The first-order valence-electron chi connectivity index (χ1n) is 8.22. The molecule has 136 valence electrons. The molecule has 0 aromatic heterocycles.